The third-order valence-electron chi connectivity index (χ3n) is 3.01. The van der Waals surface area contributed by atoms with Crippen LogP contribution in [-0.2, 0) is 0 Å². The smallest absolute Gasteiger partial charge is 0.124 e. The number of ether oxygens (including phenoxy) is 1. The van der Waals surface area contributed by atoms with Gasteiger partial charge in [-0.3, -0.25) is 0 Å². The first-order valence-corrected chi connectivity index (χ1v) is 6.76. The molecule has 0 spiro atoms. The van der Waals surface area contributed by atoms with E-state index in [0.29, 0.717) is 6.54 Å². The quantitative estimate of drug-likeness (QED) is 0.771. The summed E-state index contributed by atoms with van der Waals surface area (Å²) >= 11 is 0. The third kappa shape index (κ3) is 4.31. The second kappa shape index (κ2) is 8.11. The Morgan fingerprint density at radius 1 is 1.17 bits per heavy atom. The molecular weight excluding hydrogens is 226 g/mol. The molecule has 1 aromatic rings. The van der Waals surface area contributed by atoms with Crippen LogP contribution in [0.1, 0.15) is 38.4 Å². The van der Waals surface area contributed by atoms with Crippen LogP contribution in [-0.4, -0.2) is 36.8 Å². The van der Waals surface area contributed by atoms with Crippen molar-refractivity contribution in [3.8, 4) is 5.75 Å². The summed E-state index contributed by atoms with van der Waals surface area (Å²) in [5, 5.41) is 10.3. The summed E-state index contributed by atoms with van der Waals surface area (Å²) < 4.78 is 5.29. The molecule has 0 radical (unpaired) electrons. The van der Waals surface area contributed by atoms with Crippen LogP contribution in [0.2, 0.25) is 0 Å². The van der Waals surface area contributed by atoms with Crippen LogP contribution in [0.25, 0.3) is 0 Å². The number of aliphatic hydroxyl groups excluding tert-OH is 1. The highest BCUT2D eigenvalue weighted by atomic mass is 16.5. The van der Waals surface area contributed by atoms with E-state index in [4.69, 9.17) is 4.74 Å². The van der Waals surface area contributed by atoms with E-state index in [2.05, 4.69) is 18.7 Å². The minimum Gasteiger partial charge on any atom is -0.496 e. The molecular formula is C15H25NO2. The minimum atomic E-state index is -0.487. The van der Waals surface area contributed by atoms with E-state index in [9.17, 15) is 5.11 Å². The monoisotopic (exact) mass is 251 g/mol. The van der Waals surface area contributed by atoms with Crippen molar-refractivity contribution in [2.24, 2.45) is 0 Å². The topological polar surface area (TPSA) is 32.7 Å². The molecule has 1 atom stereocenters. The fourth-order valence-electron chi connectivity index (χ4n) is 2.21. The standard InChI is InChI=1S/C15H25NO2/c1-4-10-16(11-5-2)12-14(17)13-8-6-7-9-15(13)18-3/h6-9,14,17H,4-5,10-12H2,1-3H3. The van der Waals surface area contributed by atoms with E-state index in [1.165, 1.54) is 0 Å². The molecule has 3 heteroatoms. The van der Waals surface area contributed by atoms with Crippen LogP contribution < -0.4 is 4.74 Å². The molecule has 0 aliphatic rings. The Hall–Kier alpha value is -1.06. The van der Waals surface area contributed by atoms with Gasteiger partial charge in [0.15, 0.2) is 0 Å². The van der Waals surface area contributed by atoms with Crippen LogP contribution in [0.5, 0.6) is 5.75 Å². The lowest BCUT2D eigenvalue weighted by Gasteiger charge is -2.25. The molecule has 0 amide bonds. The molecule has 1 unspecified atom stereocenters. The third-order valence-corrected chi connectivity index (χ3v) is 3.01. The highest BCUT2D eigenvalue weighted by Crippen LogP contribution is 2.25. The number of para-hydroxylation sites is 1. The van der Waals surface area contributed by atoms with Crippen LogP contribution in [0.15, 0.2) is 24.3 Å². The normalized spacial score (nSPS) is 12.7. The molecule has 1 N–H and O–H groups in total. The number of methoxy groups -OCH3 is 1. The van der Waals surface area contributed by atoms with Gasteiger partial charge in [-0.1, -0.05) is 32.0 Å². The van der Waals surface area contributed by atoms with Crippen LogP contribution >= 0.6 is 0 Å². The molecule has 0 saturated heterocycles. The lowest BCUT2D eigenvalue weighted by Crippen LogP contribution is -2.30. The number of benzene rings is 1. The Labute approximate surface area is 110 Å². The van der Waals surface area contributed by atoms with Crippen molar-refractivity contribution in [2.45, 2.75) is 32.8 Å². The van der Waals surface area contributed by atoms with Crippen molar-refractivity contribution in [2.75, 3.05) is 26.7 Å². The predicted molar refractivity (Wildman–Crippen MR) is 75.0 cm³/mol. The highest BCUT2D eigenvalue weighted by molar-refractivity contribution is 5.35. The number of rotatable bonds is 8. The lowest BCUT2D eigenvalue weighted by atomic mass is 10.1. The fraction of sp³-hybridized carbons (Fsp3) is 0.600. The maximum atomic E-state index is 10.3. The molecule has 3 nitrogen and oxygen atoms in total. The van der Waals surface area contributed by atoms with Gasteiger partial charge in [-0.15, -0.1) is 0 Å². The predicted octanol–water partition coefficient (Wildman–Crippen LogP) is 2.85. The molecule has 0 aromatic heterocycles. The molecule has 18 heavy (non-hydrogen) atoms. The molecule has 1 aromatic carbocycles. The van der Waals surface area contributed by atoms with E-state index in [-0.39, 0.29) is 0 Å². The summed E-state index contributed by atoms with van der Waals surface area (Å²) in [5.74, 6) is 0.762. The molecule has 0 bridgehead atoms. The zero-order valence-corrected chi connectivity index (χ0v) is 11.7. The minimum absolute atomic E-state index is 0.487. The van der Waals surface area contributed by atoms with E-state index in [1.54, 1.807) is 7.11 Å². The van der Waals surface area contributed by atoms with Crippen molar-refractivity contribution < 1.29 is 9.84 Å². The molecule has 102 valence electrons. The van der Waals surface area contributed by atoms with Gasteiger partial charge in [0.25, 0.3) is 0 Å². The van der Waals surface area contributed by atoms with Crippen LogP contribution in [0, 0.1) is 0 Å². The first kappa shape index (κ1) is 15.0. The van der Waals surface area contributed by atoms with E-state index in [1.807, 2.05) is 24.3 Å². The Balaban J connectivity index is 2.70. The average molecular weight is 251 g/mol. The summed E-state index contributed by atoms with van der Waals surface area (Å²) in [6.07, 6.45) is 1.73. The largest absolute Gasteiger partial charge is 0.496 e. The number of aliphatic hydroxyl groups is 1. The van der Waals surface area contributed by atoms with Gasteiger partial charge in [-0.2, -0.15) is 0 Å². The van der Waals surface area contributed by atoms with Crippen molar-refractivity contribution in [3.63, 3.8) is 0 Å². The van der Waals surface area contributed by atoms with Crippen LogP contribution in [0.3, 0.4) is 0 Å². The Kier molecular flexibility index (Phi) is 6.76. The van der Waals surface area contributed by atoms with Gasteiger partial charge in [0.2, 0.25) is 0 Å². The SMILES string of the molecule is CCCN(CCC)CC(O)c1ccccc1OC. The van der Waals surface area contributed by atoms with E-state index in [0.717, 1.165) is 37.2 Å². The summed E-state index contributed by atoms with van der Waals surface area (Å²) in [4.78, 5) is 2.30. The second-order valence-electron chi connectivity index (χ2n) is 4.56. The number of nitrogens with zero attached hydrogens (tertiary/aromatic N) is 1. The molecule has 0 fully saturated rings. The molecule has 0 heterocycles. The van der Waals surface area contributed by atoms with Crippen molar-refractivity contribution >= 4 is 0 Å². The second-order valence-corrected chi connectivity index (χ2v) is 4.56. The zero-order chi connectivity index (χ0) is 13.4. The average Bonchev–Trinajstić information content (AvgIpc) is 2.39. The van der Waals surface area contributed by atoms with Gasteiger partial charge in [-0.25, -0.2) is 0 Å². The first-order valence-electron chi connectivity index (χ1n) is 6.76. The molecule has 1 rings (SSSR count). The Bertz CT molecular complexity index is 335. The summed E-state index contributed by atoms with van der Waals surface area (Å²) in [7, 11) is 1.64. The van der Waals surface area contributed by atoms with Crippen molar-refractivity contribution in [1.29, 1.82) is 0 Å². The molecule has 0 aliphatic heterocycles. The number of hydrogen-bond donors (Lipinski definition) is 1. The maximum Gasteiger partial charge on any atom is 0.124 e. The Morgan fingerprint density at radius 2 is 1.78 bits per heavy atom. The van der Waals surface area contributed by atoms with Gasteiger partial charge < -0.3 is 14.7 Å². The fourth-order valence-corrected chi connectivity index (χ4v) is 2.21. The summed E-state index contributed by atoms with van der Waals surface area (Å²) in [5.41, 5.74) is 0.872. The highest BCUT2D eigenvalue weighted by Gasteiger charge is 2.15. The first-order chi connectivity index (χ1) is 8.72. The van der Waals surface area contributed by atoms with E-state index >= 15 is 0 Å². The summed E-state index contributed by atoms with van der Waals surface area (Å²) in [6.45, 7) is 7.05. The lowest BCUT2D eigenvalue weighted by molar-refractivity contribution is 0.110. The van der Waals surface area contributed by atoms with E-state index < -0.39 is 6.10 Å². The van der Waals surface area contributed by atoms with Crippen molar-refractivity contribution in [1.82, 2.24) is 4.90 Å². The zero-order valence-electron chi connectivity index (χ0n) is 11.7. The van der Waals surface area contributed by atoms with Crippen molar-refractivity contribution in [3.05, 3.63) is 29.8 Å². The summed E-state index contributed by atoms with van der Waals surface area (Å²) in [6, 6.07) is 7.68. The van der Waals surface area contributed by atoms with Gasteiger partial charge in [0.05, 0.1) is 13.2 Å². The van der Waals surface area contributed by atoms with Gasteiger partial charge in [0, 0.05) is 12.1 Å². The van der Waals surface area contributed by atoms with Crippen LogP contribution in [0.4, 0.5) is 0 Å². The molecule has 0 saturated carbocycles. The van der Waals surface area contributed by atoms with Gasteiger partial charge in [0.1, 0.15) is 5.75 Å². The molecule has 0 aliphatic carbocycles. The van der Waals surface area contributed by atoms with Gasteiger partial charge >= 0.3 is 0 Å². The number of hydrogen-bond acceptors (Lipinski definition) is 3. The maximum absolute atomic E-state index is 10.3. The van der Waals surface area contributed by atoms with Gasteiger partial charge in [-0.05, 0) is 32.0 Å². The Morgan fingerprint density at radius 3 is 2.33 bits per heavy atom.